The Morgan fingerprint density at radius 3 is 2.56 bits per heavy atom. The van der Waals surface area contributed by atoms with Gasteiger partial charge in [-0.1, -0.05) is 42.5 Å². The lowest BCUT2D eigenvalue weighted by atomic mass is 10.1. The molecule has 0 heterocycles. The highest BCUT2D eigenvalue weighted by atomic mass is 16.5. The smallest absolute Gasteiger partial charge is 0.322 e. The lowest BCUT2D eigenvalue weighted by Crippen LogP contribution is -2.38. The van der Waals surface area contributed by atoms with Crippen LogP contribution in [0.4, 0.5) is 0 Å². The molecule has 0 bridgehead atoms. The van der Waals surface area contributed by atoms with Gasteiger partial charge in [0.1, 0.15) is 17.5 Å². The molecule has 0 spiro atoms. The zero-order valence-electron chi connectivity index (χ0n) is 15.1. The predicted octanol–water partition coefficient (Wildman–Crippen LogP) is 3.49. The molecule has 0 aromatic heterocycles. The Morgan fingerprint density at radius 2 is 1.85 bits per heavy atom. The summed E-state index contributed by atoms with van der Waals surface area (Å²) in [7, 11) is 1.28. The van der Waals surface area contributed by atoms with Gasteiger partial charge in [0.05, 0.1) is 7.11 Å². The largest absolute Gasteiger partial charge is 0.481 e. The lowest BCUT2D eigenvalue weighted by molar-refractivity contribution is -0.143. The van der Waals surface area contributed by atoms with Gasteiger partial charge in [-0.05, 0) is 36.2 Å². The van der Waals surface area contributed by atoms with E-state index in [1.165, 1.54) is 7.11 Å². The van der Waals surface area contributed by atoms with Crippen molar-refractivity contribution in [3.8, 4) is 11.5 Å². The molecule has 0 aliphatic carbocycles. The fourth-order valence-corrected chi connectivity index (χ4v) is 2.42. The average Bonchev–Trinajstić information content (AvgIpc) is 2.67. The summed E-state index contributed by atoms with van der Waals surface area (Å²) in [5.74, 6) is 0.0734. The van der Waals surface area contributed by atoms with Crippen molar-refractivity contribution in [3.63, 3.8) is 0 Å². The van der Waals surface area contributed by atoms with E-state index in [4.69, 9.17) is 14.6 Å². The Labute approximate surface area is 158 Å². The molecule has 0 unspecified atom stereocenters. The van der Waals surface area contributed by atoms with Crippen molar-refractivity contribution in [2.75, 3.05) is 13.7 Å². The van der Waals surface area contributed by atoms with Crippen molar-refractivity contribution < 1.29 is 24.2 Å². The van der Waals surface area contributed by atoms with E-state index in [1.807, 2.05) is 66.7 Å². The Bertz CT molecular complexity index is 773. The number of benzene rings is 2. The summed E-state index contributed by atoms with van der Waals surface area (Å²) in [6.45, 7) is 0.406. The van der Waals surface area contributed by atoms with E-state index < -0.39 is 18.0 Å². The number of carboxylic acids is 1. The highest BCUT2D eigenvalue weighted by molar-refractivity contribution is 5.76. The summed E-state index contributed by atoms with van der Waals surface area (Å²) in [6.07, 6.45) is 3.83. The zero-order valence-corrected chi connectivity index (χ0v) is 15.1. The molecule has 2 aromatic rings. The normalized spacial score (nSPS) is 11.9. The van der Waals surface area contributed by atoms with Gasteiger partial charge in [-0.2, -0.15) is 0 Å². The molecule has 2 N–H and O–H groups in total. The number of ether oxygens (including phenoxy) is 2. The number of para-hydroxylation sites is 1. The number of hydrogen-bond donors (Lipinski definition) is 2. The molecule has 2 aromatic carbocycles. The Morgan fingerprint density at radius 1 is 1.11 bits per heavy atom. The zero-order chi connectivity index (χ0) is 19.5. The molecule has 27 heavy (non-hydrogen) atoms. The van der Waals surface area contributed by atoms with Crippen molar-refractivity contribution in [2.24, 2.45) is 0 Å². The number of methoxy groups -OCH3 is 1. The number of carbonyl (C=O) groups is 2. The molecular weight excluding hydrogens is 346 g/mol. The summed E-state index contributed by atoms with van der Waals surface area (Å²) in [4.78, 5) is 22.4. The minimum Gasteiger partial charge on any atom is -0.481 e. The van der Waals surface area contributed by atoms with E-state index in [1.54, 1.807) is 0 Å². The van der Waals surface area contributed by atoms with Crippen LogP contribution in [-0.2, 0) is 14.3 Å². The molecule has 1 atom stereocenters. The molecular formula is C21H23NO5. The first kappa shape index (κ1) is 20.2. The van der Waals surface area contributed by atoms with E-state index in [0.29, 0.717) is 6.54 Å². The van der Waals surface area contributed by atoms with Crippen LogP contribution in [0.5, 0.6) is 11.5 Å². The molecule has 6 nitrogen and oxygen atoms in total. The molecule has 0 saturated carbocycles. The topological polar surface area (TPSA) is 84.9 Å². The number of carboxylic acid groups (broad SMARTS) is 1. The maximum absolute atomic E-state index is 11.7. The number of hydrogen-bond acceptors (Lipinski definition) is 5. The summed E-state index contributed by atoms with van der Waals surface area (Å²) < 4.78 is 10.5. The molecule has 0 fully saturated rings. The van der Waals surface area contributed by atoms with Crippen LogP contribution < -0.4 is 10.1 Å². The second kappa shape index (κ2) is 10.8. The third-order valence-electron chi connectivity index (χ3n) is 3.76. The molecule has 142 valence electrons. The third-order valence-corrected chi connectivity index (χ3v) is 3.76. The minimum absolute atomic E-state index is 0.102. The van der Waals surface area contributed by atoms with Crippen LogP contribution in [0.2, 0.25) is 0 Å². The summed E-state index contributed by atoms with van der Waals surface area (Å²) in [6, 6.07) is 16.5. The van der Waals surface area contributed by atoms with Gasteiger partial charge < -0.3 is 19.9 Å². The van der Waals surface area contributed by atoms with Gasteiger partial charge in [-0.15, -0.1) is 0 Å². The summed E-state index contributed by atoms with van der Waals surface area (Å²) in [5, 5.41) is 11.8. The summed E-state index contributed by atoms with van der Waals surface area (Å²) in [5.41, 5.74) is 0.949. The Hall–Kier alpha value is -3.12. The second-order valence-electron chi connectivity index (χ2n) is 5.81. The molecule has 0 amide bonds. The number of nitrogens with one attached hydrogen (secondary N) is 1. The monoisotopic (exact) mass is 369 g/mol. The predicted molar refractivity (Wildman–Crippen MR) is 103 cm³/mol. The van der Waals surface area contributed by atoms with E-state index in [9.17, 15) is 9.59 Å². The van der Waals surface area contributed by atoms with E-state index in [-0.39, 0.29) is 12.8 Å². The van der Waals surface area contributed by atoms with Crippen molar-refractivity contribution in [1.82, 2.24) is 5.32 Å². The van der Waals surface area contributed by atoms with Crippen LogP contribution in [0, 0.1) is 0 Å². The fraction of sp³-hybridized carbons (Fsp3) is 0.238. The first-order valence-electron chi connectivity index (χ1n) is 8.61. The van der Waals surface area contributed by atoms with E-state index in [2.05, 4.69) is 5.32 Å². The maximum Gasteiger partial charge on any atom is 0.322 e. The van der Waals surface area contributed by atoms with E-state index >= 15 is 0 Å². The van der Waals surface area contributed by atoms with E-state index in [0.717, 1.165) is 17.1 Å². The third kappa shape index (κ3) is 7.33. The molecule has 0 saturated heterocycles. The Kier molecular flexibility index (Phi) is 8.06. The molecule has 0 aliphatic heterocycles. The number of carbonyl (C=O) groups excluding carboxylic acids is 1. The van der Waals surface area contributed by atoms with Crippen LogP contribution in [0.15, 0.2) is 60.7 Å². The van der Waals surface area contributed by atoms with Crippen molar-refractivity contribution in [1.29, 1.82) is 0 Å². The van der Waals surface area contributed by atoms with Crippen LogP contribution in [0.3, 0.4) is 0 Å². The fourth-order valence-electron chi connectivity index (χ4n) is 2.42. The van der Waals surface area contributed by atoms with Gasteiger partial charge in [-0.25, -0.2) is 0 Å². The minimum atomic E-state index is -0.948. The first-order chi connectivity index (χ1) is 13.1. The average molecular weight is 369 g/mol. The van der Waals surface area contributed by atoms with Crippen molar-refractivity contribution in [3.05, 3.63) is 66.2 Å². The molecule has 2 rings (SSSR count). The van der Waals surface area contributed by atoms with Gasteiger partial charge in [-0.3, -0.25) is 9.59 Å². The van der Waals surface area contributed by atoms with Crippen LogP contribution in [0.1, 0.15) is 18.4 Å². The number of aliphatic carboxylic acids is 1. The van der Waals surface area contributed by atoms with Gasteiger partial charge in [0.15, 0.2) is 0 Å². The van der Waals surface area contributed by atoms with Crippen molar-refractivity contribution >= 4 is 18.0 Å². The van der Waals surface area contributed by atoms with Gasteiger partial charge >= 0.3 is 11.9 Å². The number of esters is 1. The SMILES string of the molecule is COC(=O)[C@H](CCC(=O)O)NC/C=C/c1cccc(Oc2ccccc2)c1. The van der Waals surface area contributed by atoms with Crippen LogP contribution in [0.25, 0.3) is 6.08 Å². The standard InChI is InChI=1S/C21H23NO5/c1-26-21(25)19(12-13-20(23)24)22-14-6-8-16-7-5-11-18(15-16)27-17-9-3-2-4-10-17/h2-11,15,19,22H,12-14H2,1H3,(H,23,24)/b8-6+/t19-/m0/s1. The maximum atomic E-state index is 11.7. The van der Waals surface area contributed by atoms with Gasteiger partial charge in [0.25, 0.3) is 0 Å². The quantitative estimate of drug-likeness (QED) is 0.624. The van der Waals surface area contributed by atoms with Gasteiger partial charge in [0.2, 0.25) is 0 Å². The molecule has 0 aliphatic rings. The lowest BCUT2D eigenvalue weighted by Gasteiger charge is -2.14. The molecule has 6 heteroatoms. The summed E-state index contributed by atoms with van der Waals surface area (Å²) >= 11 is 0. The highest BCUT2D eigenvalue weighted by Gasteiger charge is 2.18. The van der Waals surface area contributed by atoms with Gasteiger partial charge in [0, 0.05) is 13.0 Å². The number of rotatable bonds is 10. The first-order valence-corrected chi connectivity index (χ1v) is 8.61. The van der Waals surface area contributed by atoms with Crippen molar-refractivity contribution in [2.45, 2.75) is 18.9 Å². The molecule has 0 radical (unpaired) electrons. The Balaban J connectivity index is 1.90. The highest BCUT2D eigenvalue weighted by Crippen LogP contribution is 2.22. The second-order valence-corrected chi connectivity index (χ2v) is 5.81. The van der Waals surface area contributed by atoms with Crippen LogP contribution >= 0.6 is 0 Å². The van der Waals surface area contributed by atoms with Crippen LogP contribution in [-0.4, -0.2) is 36.7 Å².